The lowest BCUT2D eigenvalue weighted by molar-refractivity contribution is 0.199. The van der Waals surface area contributed by atoms with Crippen LogP contribution in [0.25, 0.3) is 0 Å². The third-order valence-electron chi connectivity index (χ3n) is 1.34. The summed E-state index contributed by atoms with van der Waals surface area (Å²) in [6.07, 6.45) is 0. The Morgan fingerprint density at radius 3 is 1.92 bits per heavy atom. The first kappa shape index (κ1) is 11.6. The van der Waals surface area contributed by atoms with Gasteiger partial charge in [0.15, 0.2) is 0 Å². The predicted octanol–water partition coefficient (Wildman–Crippen LogP) is 1.85. The minimum Gasteiger partial charge on any atom is -0.393 e. The largest absolute Gasteiger partial charge is 0.406 e. The van der Waals surface area contributed by atoms with Crippen molar-refractivity contribution in [3.63, 3.8) is 0 Å². The Kier molecular flexibility index (Phi) is 5.14. The molecule has 0 heterocycles. The Balaban J connectivity index is 4.19. The van der Waals surface area contributed by atoms with Crippen molar-refractivity contribution < 1.29 is 8.85 Å². The Morgan fingerprint density at radius 2 is 1.67 bits per heavy atom. The van der Waals surface area contributed by atoms with Crippen LogP contribution in [0, 0.1) is 11.3 Å². The van der Waals surface area contributed by atoms with Crippen LogP contribution in [-0.4, -0.2) is 22.5 Å². The van der Waals surface area contributed by atoms with Gasteiger partial charge >= 0.3 is 9.28 Å². The van der Waals surface area contributed by atoms with Crippen molar-refractivity contribution in [2.45, 2.75) is 32.7 Å². The first-order valence-corrected chi connectivity index (χ1v) is 5.44. The molecule has 0 aromatic carbocycles. The van der Waals surface area contributed by atoms with Crippen LogP contribution in [0.5, 0.6) is 0 Å². The highest BCUT2D eigenvalue weighted by molar-refractivity contribution is 6.49. The highest BCUT2D eigenvalue weighted by atomic mass is 28.3. The van der Waals surface area contributed by atoms with Crippen LogP contribution in [0.1, 0.15) is 27.7 Å². The zero-order valence-electron chi connectivity index (χ0n) is 8.18. The van der Waals surface area contributed by atoms with Crippen LogP contribution in [-0.2, 0) is 8.85 Å². The van der Waals surface area contributed by atoms with Gasteiger partial charge in [-0.2, -0.15) is 5.26 Å². The standard InChI is InChI=1S/C8H16NO2Si/c1-5-10-12(11-6-2)8(3,4)7-9/h5-6H2,1-4H3. The van der Waals surface area contributed by atoms with Crippen LogP contribution in [0.2, 0.25) is 5.04 Å². The maximum absolute atomic E-state index is 8.83. The summed E-state index contributed by atoms with van der Waals surface area (Å²) in [5.41, 5.74) is 0. The predicted molar refractivity (Wildman–Crippen MR) is 48.7 cm³/mol. The molecule has 0 bridgehead atoms. The van der Waals surface area contributed by atoms with Gasteiger partial charge in [-0.05, 0) is 27.7 Å². The molecular weight excluding hydrogens is 170 g/mol. The minimum atomic E-state index is -1.43. The zero-order valence-corrected chi connectivity index (χ0v) is 9.18. The van der Waals surface area contributed by atoms with Crippen molar-refractivity contribution in [1.82, 2.24) is 0 Å². The van der Waals surface area contributed by atoms with Gasteiger partial charge in [-0.25, -0.2) is 0 Å². The van der Waals surface area contributed by atoms with Crippen molar-refractivity contribution in [1.29, 1.82) is 5.26 Å². The Morgan fingerprint density at radius 1 is 1.25 bits per heavy atom. The van der Waals surface area contributed by atoms with Gasteiger partial charge in [0.1, 0.15) is 0 Å². The lowest BCUT2D eigenvalue weighted by Gasteiger charge is -2.22. The van der Waals surface area contributed by atoms with Gasteiger partial charge in [-0.3, -0.25) is 0 Å². The molecule has 0 fully saturated rings. The SMILES string of the molecule is CCO[Si](OCC)C(C)(C)C#N. The summed E-state index contributed by atoms with van der Waals surface area (Å²) < 4.78 is 10.8. The van der Waals surface area contributed by atoms with E-state index in [2.05, 4.69) is 6.07 Å². The van der Waals surface area contributed by atoms with E-state index in [-0.39, 0.29) is 0 Å². The van der Waals surface area contributed by atoms with Gasteiger partial charge in [0, 0.05) is 13.2 Å². The molecule has 0 rings (SSSR count). The molecule has 0 aliphatic heterocycles. The smallest absolute Gasteiger partial charge is 0.393 e. The van der Waals surface area contributed by atoms with Gasteiger partial charge in [-0.15, -0.1) is 0 Å². The van der Waals surface area contributed by atoms with Gasteiger partial charge in [0.05, 0.1) is 11.1 Å². The highest BCUT2D eigenvalue weighted by Gasteiger charge is 2.36. The van der Waals surface area contributed by atoms with Crippen LogP contribution < -0.4 is 0 Å². The van der Waals surface area contributed by atoms with E-state index in [1.807, 2.05) is 27.7 Å². The van der Waals surface area contributed by atoms with Crippen molar-refractivity contribution in [3.8, 4) is 6.07 Å². The summed E-state index contributed by atoms with van der Waals surface area (Å²) >= 11 is 0. The number of nitrogens with zero attached hydrogens (tertiary/aromatic N) is 1. The quantitative estimate of drug-likeness (QED) is 0.615. The van der Waals surface area contributed by atoms with E-state index >= 15 is 0 Å². The van der Waals surface area contributed by atoms with E-state index in [1.165, 1.54) is 0 Å². The number of nitriles is 1. The average Bonchev–Trinajstić information content (AvgIpc) is 2.04. The molecule has 4 heteroatoms. The van der Waals surface area contributed by atoms with E-state index in [0.717, 1.165) is 0 Å². The number of rotatable bonds is 5. The van der Waals surface area contributed by atoms with Crippen molar-refractivity contribution in [2.24, 2.45) is 0 Å². The summed E-state index contributed by atoms with van der Waals surface area (Å²) in [7, 11) is -1.43. The second-order valence-corrected chi connectivity index (χ2v) is 5.29. The van der Waals surface area contributed by atoms with Crippen LogP contribution >= 0.6 is 0 Å². The molecule has 0 aromatic rings. The van der Waals surface area contributed by atoms with Gasteiger partial charge in [0.2, 0.25) is 0 Å². The Bertz CT molecular complexity index is 159. The van der Waals surface area contributed by atoms with Crippen LogP contribution in [0.4, 0.5) is 0 Å². The number of hydrogen-bond donors (Lipinski definition) is 0. The fourth-order valence-corrected chi connectivity index (χ4v) is 2.13. The van der Waals surface area contributed by atoms with E-state index in [1.54, 1.807) is 0 Å². The molecule has 0 saturated heterocycles. The molecule has 69 valence electrons. The fraction of sp³-hybridized carbons (Fsp3) is 0.875. The van der Waals surface area contributed by atoms with E-state index in [4.69, 9.17) is 14.1 Å². The fourth-order valence-electron chi connectivity index (χ4n) is 0.710. The second-order valence-electron chi connectivity index (χ2n) is 2.89. The van der Waals surface area contributed by atoms with Crippen molar-refractivity contribution >= 4 is 9.28 Å². The third kappa shape index (κ3) is 3.35. The normalized spacial score (nSPS) is 11.7. The van der Waals surface area contributed by atoms with Crippen LogP contribution in [0.15, 0.2) is 0 Å². The maximum atomic E-state index is 8.83. The molecule has 0 spiro atoms. The molecule has 0 saturated carbocycles. The Labute approximate surface area is 76.1 Å². The topological polar surface area (TPSA) is 42.2 Å². The molecule has 0 aliphatic carbocycles. The molecular formula is C8H16NO2Si. The van der Waals surface area contributed by atoms with E-state index in [9.17, 15) is 0 Å². The molecule has 0 unspecified atom stereocenters. The summed E-state index contributed by atoms with van der Waals surface area (Å²) in [5.74, 6) is 0. The summed E-state index contributed by atoms with van der Waals surface area (Å²) in [5, 5.41) is 8.36. The van der Waals surface area contributed by atoms with Crippen LogP contribution in [0.3, 0.4) is 0 Å². The molecule has 0 N–H and O–H groups in total. The minimum absolute atomic E-state index is 0.476. The average molecular weight is 186 g/mol. The monoisotopic (exact) mass is 186 g/mol. The molecule has 1 radical (unpaired) electrons. The summed E-state index contributed by atoms with van der Waals surface area (Å²) in [6.45, 7) is 8.76. The first-order valence-electron chi connectivity index (χ1n) is 4.12. The van der Waals surface area contributed by atoms with Gasteiger partial charge in [-0.1, -0.05) is 0 Å². The zero-order chi connectivity index (χ0) is 9.61. The van der Waals surface area contributed by atoms with Crippen molar-refractivity contribution in [3.05, 3.63) is 0 Å². The molecule has 0 amide bonds. The third-order valence-corrected chi connectivity index (χ3v) is 3.57. The lowest BCUT2D eigenvalue weighted by atomic mass is 10.2. The van der Waals surface area contributed by atoms with Crippen molar-refractivity contribution in [2.75, 3.05) is 13.2 Å². The maximum Gasteiger partial charge on any atom is 0.406 e. The molecule has 3 nitrogen and oxygen atoms in total. The molecule has 0 aliphatic rings. The number of hydrogen-bond acceptors (Lipinski definition) is 3. The van der Waals surface area contributed by atoms with E-state index in [0.29, 0.717) is 13.2 Å². The lowest BCUT2D eigenvalue weighted by Crippen LogP contribution is -2.34. The summed E-state index contributed by atoms with van der Waals surface area (Å²) in [4.78, 5) is 0. The Hall–Kier alpha value is -0.373. The molecule has 12 heavy (non-hydrogen) atoms. The first-order chi connectivity index (χ1) is 5.58. The summed E-state index contributed by atoms with van der Waals surface area (Å²) in [6, 6.07) is 2.21. The van der Waals surface area contributed by atoms with E-state index < -0.39 is 14.3 Å². The highest BCUT2D eigenvalue weighted by Crippen LogP contribution is 2.27. The molecule has 0 atom stereocenters. The van der Waals surface area contributed by atoms with Gasteiger partial charge < -0.3 is 8.85 Å². The molecule has 0 aromatic heterocycles. The second kappa shape index (κ2) is 5.30. The van der Waals surface area contributed by atoms with Gasteiger partial charge in [0.25, 0.3) is 0 Å².